The summed E-state index contributed by atoms with van der Waals surface area (Å²) in [5, 5.41) is 3.59. The largest absolute Gasteiger partial charge is 0.490 e. The first-order valence-corrected chi connectivity index (χ1v) is 8.07. The van der Waals surface area contributed by atoms with Gasteiger partial charge in [0, 0.05) is 31.1 Å². The molecule has 1 unspecified atom stereocenters. The van der Waals surface area contributed by atoms with Crippen LogP contribution in [0.4, 0.5) is 0 Å². The normalized spacial score (nSPS) is 15.8. The third kappa shape index (κ3) is 4.61. The first kappa shape index (κ1) is 16.1. The molecule has 0 amide bonds. The Kier molecular flexibility index (Phi) is 6.33. The standard InChI is InChI=1S/C17H28N2O2/c1-4-19(5-2)13-14(3)18-12-15-8-6-9-16-17(15)21-11-7-10-20-16/h6,8-9,14,18H,4-5,7,10-13H2,1-3H3. The number of nitrogens with one attached hydrogen (secondary N) is 1. The van der Waals surface area contributed by atoms with Crippen molar-refractivity contribution in [2.75, 3.05) is 32.8 Å². The van der Waals surface area contributed by atoms with Crippen LogP contribution in [0.25, 0.3) is 0 Å². The molecule has 118 valence electrons. The average molecular weight is 292 g/mol. The predicted molar refractivity (Wildman–Crippen MR) is 86.1 cm³/mol. The summed E-state index contributed by atoms with van der Waals surface area (Å²) in [6, 6.07) is 6.60. The van der Waals surface area contributed by atoms with Crippen LogP contribution in [0.5, 0.6) is 11.5 Å². The fourth-order valence-electron chi connectivity index (χ4n) is 2.61. The average Bonchev–Trinajstić information content (AvgIpc) is 2.76. The minimum absolute atomic E-state index is 0.451. The van der Waals surface area contributed by atoms with Gasteiger partial charge in [0.25, 0.3) is 0 Å². The Morgan fingerprint density at radius 2 is 1.95 bits per heavy atom. The van der Waals surface area contributed by atoms with Gasteiger partial charge < -0.3 is 19.7 Å². The third-order valence-electron chi connectivity index (χ3n) is 3.92. The van der Waals surface area contributed by atoms with Crippen molar-refractivity contribution in [1.29, 1.82) is 0 Å². The van der Waals surface area contributed by atoms with Crippen LogP contribution in [-0.4, -0.2) is 43.8 Å². The molecule has 4 nitrogen and oxygen atoms in total. The molecule has 21 heavy (non-hydrogen) atoms. The highest BCUT2D eigenvalue weighted by Gasteiger charge is 2.15. The fraction of sp³-hybridized carbons (Fsp3) is 0.647. The molecule has 1 N–H and O–H groups in total. The molecule has 1 aromatic rings. The van der Waals surface area contributed by atoms with Gasteiger partial charge in [-0.1, -0.05) is 26.0 Å². The van der Waals surface area contributed by atoms with Crippen molar-refractivity contribution < 1.29 is 9.47 Å². The van der Waals surface area contributed by atoms with E-state index in [1.54, 1.807) is 0 Å². The number of hydrogen-bond donors (Lipinski definition) is 1. The van der Waals surface area contributed by atoms with Gasteiger partial charge in [-0.3, -0.25) is 0 Å². The maximum absolute atomic E-state index is 5.86. The second-order valence-electron chi connectivity index (χ2n) is 5.56. The van der Waals surface area contributed by atoms with E-state index in [1.165, 1.54) is 5.56 Å². The highest BCUT2D eigenvalue weighted by Crippen LogP contribution is 2.33. The number of rotatable bonds is 7. The summed E-state index contributed by atoms with van der Waals surface area (Å²) < 4.78 is 11.6. The second kappa shape index (κ2) is 8.25. The fourth-order valence-corrected chi connectivity index (χ4v) is 2.61. The lowest BCUT2D eigenvalue weighted by Gasteiger charge is -2.24. The number of hydrogen-bond acceptors (Lipinski definition) is 4. The Morgan fingerprint density at radius 1 is 1.19 bits per heavy atom. The molecular weight excluding hydrogens is 264 g/mol. The zero-order valence-electron chi connectivity index (χ0n) is 13.5. The van der Waals surface area contributed by atoms with E-state index >= 15 is 0 Å². The first-order valence-electron chi connectivity index (χ1n) is 8.07. The highest BCUT2D eigenvalue weighted by molar-refractivity contribution is 5.47. The lowest BCUT2D eigenvalue weighted by Crippen LogP contribution is -2.38. The van der Waals surface area contributed by atoms with Crippen molar-refractivity contribution >= 4 is 0 Å². The number of nitrogens with zero attached hydrogens (tertiary/aromatic N) is 1. The summed E-state index contributed by atoms with van der Waals surface area (Å²) in [7, 11) is 0. The lowest BCUT2D eigenvalue weighted by atomic mass is 10.1. The van der Waals surface area contributed by atoms with Crippen LogP contribution >= 0.6 is 0 Å². The van der Waals surface area contributed by atoms with Crippen LogP contribution in [0.3, 0.4) is 0 Å². The van der Waals surface area contributed by atoms with E-state index in [0.717, 1.165) is 57.3 Å². The van der Waals surface area contributed by atoms with E-state index in [0.29, 0.717) is 6.04 Å². The first-order chi connectivity index (χ1) is 10.2. The molecule has 0 bridgehead atoms. The van der Waals surface area contributed by atoms with Gasteiger partial charge in [-0.2, -0.15) is 0 Å². The number of likely N-dealkylation sites (N-methyl/N-ethyl adjacent to an activating group) is 1. The lowest BCUT2D eigenvalue weighted by molar-refractivity contribution is 0.269. The molecule has 0 saturated heterocycles. The van der Waals surface area contributed by atoms with Crippen molar-refractivity contribution in [3.05, 3.63) is 23.8 Å². The molecule has 0 aromatic heterocycles. The molecule has 0 spiro atoms. The Labute approximate surface area is 128 Å². The van der Waals surface area contributed by atoms with Gasteiger partial charge in [-0.25, -0.2) is 0 Å². The molecule has 1 atom stereocenters. The van der Waals surface area contributed by atoms with E-state index in [2.05, 4.69) is 37.1 Å². The number of benzene rings is 1. The minimum atomic E-state index is 0.451. The van der Waals surface area contributed by atoms with Crippen molar-refractivity contribution in [3.8, 4) is 11.5 Å². The molecule has 0 saturated carbocycles. The Balaban J connectivity index is 1.94. The summed E-state index contributed by atoms with van der Waals surface area (Å²) in [6.07, 6.45) is 0.944. The van der Waals surface area contributed by atoms with Gasteiger partial charge in [0.15, 0.2) is 11.5 Å². The molecular formula is C17H28N2O2. The van der Waals surface area contributed by atoms with Gasteiger partial charge >= 0.3 is 0 Å². The quantitative estimate of drug-likeness (QED) is 0.838. The van der Waals surface area contributed by atoms with E-state index in [1.807, 2.05) is 12.1 Å². The van der Waals surface area contributed by atoms with Crippen LogP contribution < -0.4 is 14.8 Å². The zero-order valence-corrected chi connectivity index (χ0v) is 13.5. The second-order valence-corrected chi connectivity index (χ2v) is 5.56. The highest BCUT2D eigenvalue weighted by atomic mass is 16.5. The Morgan fingerprint density at radius 3 is 2.71 bits per heavy atom. The molecule has 0 radical (unpaired) electrons. The molecule has 1 aromatic carbocycles. The van der Waals surface area contributed by atoms with Crippen LogP contribution in [0.1, 0.15) is 32.8 Å². The van der Waals surface area contributed by atoms with E-state index < -0.39 is 0 Å². The smallest absolute Gasteiger partial charge is 0.165 e. The maximum atomic E-state index is 5.86. The van der Waals surface area contributed by atoms with Crippen LogP contribution in [0, 0.1) is 0 Å². The van der Waals surface area contributed by atoms with E-state index in [4.69, 9.17) is 9.47 Å². The summed E-state index contributed by atoms with van der Waals surface area (Å²) in [5.74, 6) is 1.79. The molecule has 1 heterocycles. The molecule has 4 heteroatoms. The van der Waals surface area contributed by atoms with Gasteiger partial charge in [0.05, 0.1) is 13.2 Å². The molecule has 1 aliphatic rings. The topological polar surface area (TPSA) is 33.7 Å². The minimum Gasteiger partial charge on any atom is -0.490 e. The summed E-state index contributed by atoms with van der Waals surface area (Å²) in [5.41, 5.74) is 1.18. The van der Waals surface area contributed by atoms with E-state index in [9.17, 15) is 0 Å². The summed E-state index contributed by atoms with van der Waals surface area (Å²) in [6.45, 7) is 12.2. The third-order valence-corrected chi connectivity index (χ3v) is 3.92. The number of ether oxygens (including phenoxy) is 2. The SMILES string of the molecule is CCN(CC)CC(C)NCc1cccc2c1OCCCO2. The summed E-state index contributed by atoms with van der Waals surface area (Å²) >= 11 is 0. The van der Waals surface area contributed by atoms with Crippen LogP contribution in [0.2, 0.25) is 0 Å². The number of fused-ring (bicyclic) bond motifs is 1. The van der Waals surface area contributed by atoms with Crippen molar-refractivity contribution in [2.24, 2.45) is 0 Å². The Hall–Kier alpha value is -1.26. The van der Waals surface area contributed by atoms with E-state index in [-0.39, 0.29) is 0 Å². The molecule has 0 aliphatic carbocycles. The predicted octanol–water partition coefficient (Wildman–Crippen LogP) is 2.67. The van der Waals surface area contributed by atoms with Crippen molar-refractivity contribution in [3.63, 3.8) is 0 Å². The zero-order chi connectivity index (χ0) is 15.1. The summed E-state index contributed by atoms with van der Waals surface area (Å²) in [4.78, 5) is 2.43. The van der Waals surface area contributed by atoms with Crippen molar-refractivity contribution in [2.45, 2.75) is 39.8 Å². The van der Waals surface area contributed by atoms with Gasteiger partial charge in [-0.05, 0) is 26.1 Å². The molecule has 2 rings (SSSR count). The number of para-hydroxylation sites is 1. The monoisotopic (exact) mass is 292 g/mol. The van der Waals surface area contributed by atoms with Crippen LogP contribution in [0.15, 0.2) is 18.2 Å². The molecule has 0 fully saturated rings. The molecule has 1 aliphatic heterocycles. The van der Waals surface area contributed by atoms with Gasteiger partial charge in [0.2, 0.25) is 0 Å². The van der Waals surface area contributed by atoms with Crippen LogP contribution in [-0.2, 0) is 6.54 Å². The van der Waals surface area contributed by atoms with Gasteiger partial charge in [-0.15, -0.1) is 0 Å². The Bertz CT molecular complexity index is 433. The van der Waals surface area contributed by atoms with Gasteiger partial charge in [0.1, 0.15) is 0 Å². The van der Waals surface area contributed by atoms with Crippen molar-refractivity contribution in [1.82, 2.24) is 10.2 Å². The maximum Gasteiger partial charge on any atom is 0.165 e.